The highest BCUT2D eigenvalue weighted by Gasteiger charge is 2.65. The fourth-order valence-corrected chi connectivity index (χ4v) is 6.07. The summed E-state index contributed by atoms with van der Waals surface area (Å²) in [6, 6.07) is 9.45. The van der Waals surface area contributed by atoms with E-state index >= 15 is 0 Å². The number of hydrogen-bond donors (Lipinski definition) is 6. The van der Waals surface area contributed by atoms with Crippen LogP contribution in [0.1, 0.15) is 40.7 Å². The van der Waals surface area contributed by atoms with Gasteiger partial charge >= 0.3 is 0 Å². The molecule has 10 nitrogen and oxygen atoms in total. The molecule has 1 amide bonds. The number of Topliss-reactive ketones (excluding diaryl/α,β-unsaturated/α-hetero) is 2. The number of carbonyl (C=O) groups is 4. The maximum absolute atomic E-state index is 13.7. The second kappa shape index (κ2) is 8.12. The van der Waals surface area contributed by atoms with Gasteiger partial charge in [0.1, 0.15) is 29.1 Å². The number of hydrogen-bond acceptors (Lipinski definition) is 9. The third-order valence-corrected chi connectivity index (χ3v) is 7.84. The molecule has 0 heterocycles. The predicted molar refractivity (Wildman–Crippen MR) is 128 cm³/mol. The molecule has 0 saturated heterocycles. The zero-order valence-corrected chi connectivity index (χ0v) is 19.5. The van der Waals surface area contributed by atoms with Crippen molar-refractivity contribution in [2.24, 2.45) is 17.6 Å². The van der Waals surface area contributed by atoms with E-state index < -0.39 is 76.0 Å². The molecule has 7 N–H and O–H groups in total. The topological polar surface area (TPSA) is 195 Å². The Labute approximate surface area is 210 Å². The van der Waals surface area contributed by atoms with Gasteiger partial charge in [0.2, 0.25) is 5.78 Å². The molecule has 3 aliphatic rings. The average Bonchev–Trinajstić information content (AvgIpc) is 2.86. The number of phenolic OH excluding ortho intramolecular Hbond substituents is 1. The number of aliphatic hydroxyl groups is 4. The van der Waals surface area contributed by atoms with Crippen LogP contribution in [0.25, 0.3) is 16.9 Å². The summed E-state index contributed by atoms with van der Waals surface area (Å²) in [6.07, 6.45) is -1.57. The fraction of sp³-hybridized carbons (Fsp3) is 0.259. The standard InChI is InChI=1S/C27H23NO9/c1-10-17-13(12-4-2-11(9-29)3-5-12)6-7-15(30)19(17)23(33)21-18(10)22(32)14-8-16(31)20(26(28)36)24(34)27(14,37)25(21)35/h2-7,9-10,14,18,22,30,32-34,37H,8H2,1H3,(H2,28,36)/t10-,14+,18+,22+,27+/m0/s1. The predicted octanol–water partition coefficient (Wildman–Crippen LogP) is 1.44. The van der Waals surface area contributed by atoms with Crippen LogP contribution in [-0.4, -0.2) is 61.0 Å². The Bertz CT molecular complexity index is 1470. The number of benzene rings is 2. The molecule has 0 aliphatic heterocycles. The summed E-state index contributed by atoms with van der Waals surface area (Å²) < 4.78 is 0. The molecule has 2 aromatic rings. The van der Waals surface area contributed by atoms with Crippen molar-refractivity contribution in [3.63, 3.8) is 0 Å². The highest BCUT2D eigenvalue weighted by Crippen LogP contribution is 2.57. The maximum Gasteiger partial charge on any atom is 0.255 e. The molecule has 2 aromatic carbocycles. The van der Waals surface area contributed by atoms with Crippen molar-refractivity contribution in [1.82, 2.24) is 0 Å². The van der Waals surface area contributed by atoms with Crippen molar-refractivity contribution in [2.75, 3.05) is 0 Å². The van der Waals surface area contributed by atoms with Crippen LogP contribution >= 0.6 is 0 Å². The van der Waals surface area contributed by atoms with E-state index in [0.29, 0.717) is 28.5 Å². The SMILES string of the molecule is C[C@H]1c2c(-c3ccc(C=O)cc3)ccc(O)c2C(O)=C2C(=O)[C@]3(O)C(O)=C(C(N)=O)C(=O)C[C@@H]3[C@@H](O)[C@@H]21. The van der Waals surface area contributed by atoms with Gasteiger partial charge in [-0.05, 0) is 28.7 Å². The summed E-state index contributed by atoms with van der Waals surface area (Å²) in [6.45, 7) is 1.66. The summed E-state index contributed by atoms with van der Waals surface area (Å²) in [5, 5.41) is 55.4. The first-order valence-corrected chi connectivity index (χ1v) is 11.5. The van der Waals surface area contributed by atoms with Crippen molar-refractivity contribution in [3.05, 3.63) is 70.0 Å². The van der Waals surface area contributed by atoms with Crippen molar-refractivity contribution in [3.8, 4) is 16.9 Å². The molecule has 37 heavy (non-hydrogen) atoms. The van der Waals surface area contributed by atoms with E-state index in [1.54, 1.807) is 37.3 Å². The number of rotatable bonds is 3. The molecule has 10 heteroatoms. The Balaban J connectivity index is 1.77. The zero-order chi connectivity index (χ0) is 27.0. The number of aldehydes is 1. The second-order valence-electron chi connectivity index (χ2n) is 9.65. The van der Waals surface area contributed by atoms with Crippen molar-refractivity contribution in [2.45, 2.75) is 31.0 Å². The molecule has 5 rings (SSSR count). The lowest BCUT2D eigenvalue weighted by Crippen LogP contribution is -2.63. The minimum Gasteiger partial charge on any atom is -0.508 e. The van der Waals surface area contributed by atoms with Gasteiger partial charge in [0.05, 0.1) is 11.7 Å². The number of fused-ring (bicyclic) bond motifs is 3. The van der Waals surface area contributed by atoms with Gasteiger partial charge in [-0.25, -0.2) is 0 Å². The highest BCUT2D eigenvalue weighted by atomic mass is 16.4. The average molecular weight is 505 g/mol. The number of carbonyl (C=O) groups excluding carboxylic acids is 4. The van der Waals surface area contributed by atoms with E-state index in [4.69, 9.17) is 5.73 Å². The van der Waals surface area contributed by atoms with Crippen LogP contribution in [0.5, 0.6) is 5.75 Å². The Morgan fingerprint density at radius 2 is 1.73 bits per heavy atom. The second-order valence-corrected chi connectivity index (χ2v) is 9.65. The lowest BCUT2D eigenvalue weighted by molar-refractivity contribution is -0.160. The Morgan fingerprint density at radius 1 is 1.08 bits per heavy atom. The quantitative estimate of drug-likeness (QED) is 0.264. The molecule has 190 valence electrons. The van der Waals surface area contributed by atoms with E-state index in [1.165, 1.54) is 6.07 Å². The third-order valence-electron chi connectivity index (χ3n) is 7.84. The number of aromatic hydroxyl groups is 1. The van der Waals surface area contributed by atoms with Gasteiger partial charge in [-0.1, -0.05) is 37.3 Å². The highest BCUT2D eigenvalue weighted by molar-refractivity contribution is 6.23. The Morgan fingerprint density at radius 3 is 2.32 bits per heavy atom. The lowest BCUT2D eigenvalue weighted by atomic mass is 9.55. The zero-order valence-electron chi connectivity index (χ0n) is 19.5. The molecule has 0 aromatic heterocycles. The normalized spacial score (nSPS) is 28.9. The maximum atomic E-state index is 13.7. The van der Waals surface area contributed by atoms with Gasteiger partial charge in [0.15, 0.2) is 11.4 Å². The number of aliphatic hydroxyl groups excluding tert-OH is 3. The van der Waals surface area contributed by atoms with Crippen LogP contribution in [0.3, 0.4) is 0 Å². The minimum atomic E-state index is -2.88. The smallest absolute Gasteiger partial charge is 0.255 e. The van der Waals surface area contributed by atoms with Crippen LogP contribution in [0.2, 0.25) is 0 Å². The van der Waals surface area contributed by atoms with Crippen LogP contribution in [-0.2, 0) is 14.4 Å². The third kappa shape index (κ3) is 3.12. The summed E-state index contributed by atoms with van der Waals surface area (Å²) in [5.41, 5.74) is 2.86. The van der Waals surface area contributed by atoms with Crippen molar-refractivity contribution in [1.29, 1.82) is 0 Å². The van der Waals surface area contributed by atoms with Crippen molar-refractivity contribution >= 4 is 29.5 Å². The van der Waals surface area contributed by atoms with Gasteiger partial charge in [-0.15, -0.1) is 0 Å². The molecule has 1 saturated carbocycles. The Hall–Kier alpha value is -4.28. The van der Waals surface area contributed by atoms with Gasteiger partial charge in [-0.3, -0.25) is 19.2 Å². The van der Waals surface area contributed by atoms with Gasteiger partial charge in [0, 0.05) is 29.4 Å². The molecule has 0 unspecified atom stereocenters. The molecular formula is C27H23NO9. The monoisotopic (exact) mass is 505 g/mol. The number of ketones is 2. The molecule has 1 fully saturated rings. The number of amides is 1. The van der Waals surface area contributed by atoms with Crippen LogP contribution in [0, 0.1) is 11.8 Å². The van der Waals surface area contributed by atoms with Crippen LogP contribution < -0.4 is 5.73 Å². The summed E-state index contributed by atoms with van der Waals surface area (Å²) in [5.74, 6) is -9.19. The molecule has 0 bridgehead atoms. The van der Waals surface area contributed by atoms with Gasteiger partial charge < -0.3 is 31.3 Å². The molecule has 3 aliphatic carbocycles. The lowest BCUT2D eigenvalue weighted by Gasteiger charge is -2.50. The van der Waals surface area contributed by atoms with E-state index in [-0.39, 0.29) is 11.3 Å². The van der Waals surface area contributed by atoms with E-state index in [1.807, 2.05) is 0 Å². The molecule has 5 atom stereocenters. The molecule has 0 spiro atoms. The summed E-state index contributed by atoms with van der Waals surface area (Å²) in [7, 11) is 0. The Kier molecular flexibility index (Phi) is 5.36. The first-order valence-electron chi connectivity index (χ1n) is 11.5. The number of phenols is 1. The molecule has 0 radical (unpaired) electrons. The van der Waals surface area contributed by atoms with Crippen molar-refractivity contribution < 1.29 is 44.7 Å². The minimum absolute atomic E-state index is 0.0937. The van der Waals surface area contributed by atoms with Crippen LogP contribution in [0.15, 0.2) is 53.3 Å². The number of nitrogens with two attached hydrogens (primary N) is 1. The largest absolute Gasteiger partial charge is 0.508 e. The fourth-order valence-electron chi connectivity index (χ4n) is 6.07. The first-order chi connectivity index (χ1) is 17.4. The van der Waals surface area contributed by atoms with E-state index in [2.05, 4.69) is 0 Å². The first kappa shape index (κ1) is 24.4. The van der Waals surface area contributed by atoms with E-state index in [9.17, 15) is 44.7 Å². The van der Waals surface area contributed by atoms with Crippen LogP contribution in [0.4, 0.5) is 0 Å². The van der Waals surface area contributed by atoms with Gasteiger partial charge in [-0.2, -0.15) is 0 Å². The number of primary amides is 1. The summed E-state index contributed by atoms with van der Waals surface area (Å²) >= 11 is 0. The van der Waals surface area contributed by atoms with E-state index in [0.717, 1.165) is 0 Å². The van der Waals surface area contributed by atoms with Gasteiger partial charge in [0.25, 0.3) is 5.91 Å². The molecular weight excluding hydrogens is 482 g/mol. The summed E-state index contributed by atoms with van der Waals surface area (Å²) in [4.78, 5) is 49.1.